The first-order valence-electron chi connectivity index (χ1n) is 6.41. The van der Waals surface area contributed by atoms with Crippen LogP contribution < -0.4 is 10.2 Å². The molecule has 0 aromatic carbocycles. The summed E-state index contributed by atoms with van der Waals surface area (Å²) in [5, 5.41) is 3.63. The monoisotopic (exact) mass is 220 g/mol. The summed E-state index contributed by atoms with van der Waals surface area (Å²) in [7, 11) is 0. The minimum Gasteiger partial charge on any atom is -0.342 e. The quantitative estimate of drug-likeness (QED) is 0.791. The molecular formula is C12H20N4. The minimum absolute atomic E-state index is 0.748. The van der Waals surface area contributed by atoms with Crippen LogP contribution in [0.15, 0.2) is 12.4 Å². The van der Waals surface area contributed by atoms with Crippen molar-refractivity contribution in [2.45, 2.75) is 31.7 Å². The third-order valence-electron chi connectivity index (χ3n) is 3.91. The lowest BCUT2D eigenvalue weighted by Crippen LogP contribution is -2.43. The van der Waals surface area contributed by atoms with Crippen LogP contribution in [-0.2, 0) is 0 Å². The summed E-state index contributed by atoms with van der Waals surface area (Å²) < 4.78 is 0. The van der Waals surface area contributed by atoms with Gasteiger partial charge in [0.25, 0.3) is 0 Å². The summed E-state index contributed by atoms with van der Waals surface area (Å²) in [6.45, 7) is 3.52. The molecule has 3 rings (SSSR count). The van der Waals surface area contributed by atoms with Crippen LogP contribution in [0, 0.1) is 5.92 Å². The van der Waals surface area contributed by atoms with E-state index >= 15 is 0 Å². The van der Waals surface area contributed by atoms with Gasteiger partial charge in [-0.05, 0) is 38.1 Å². The molecule has 2 fully saturated rings. The van der Waals surface area contributed by atoms with Crippen LogP contribution in [0.1, 0.15) is 25.7 Å². The van der Waals surface area contributed by atoms with Gasteiger partial charge < -0.3 is 15.2 Å². The molecule has 0 saturated carbocycles. The van der Waals surface area contributed by atoms with Crippen molar-refractivity contribution in [3.8, 4) is 0 Å². The first kappa shape index (κ1) is 10.1. The number of anilines is 1. The lowest BCUT2D eigenvalue weighted by molar-refractivity contribution is 0.327. The zero-order valence-corrected chi connectivity index (χ0v) is 9.65. The molecule has 16 heavy (non-hydrogen) atoms. The Morgan fingerprint density at radius 1 is 1.31 bits per heavy atom. The Hall–Kier alpha value is -1.03. The molecule has 0 bridgehead atoms. The third kappa shape index (κ3) is 1.94. The molecule has 1 aromatic heterocycles. The van der Waals surface area contributed by atoms with Crippen LogP contribution in [0.4, 0.5) is 5.95 Å². The fourth-order valence-electron chi connectivity index (χ4n) is 3.07. The van der Waals surface area contributed by atoms with Crippen LogP contribution in [-0.4, -0.2) is 35.6 Å². The van der Waals surface area contributed by atoms with Gasteiger partial charge in [0.15, 0.2) is 0 Å². The van der Waals surface area contributed by atoms with E-state index in [1.807, 2.05) is 12.4 Å². The number of aromatic amines is 1. The zero-order chi connectivity index (χ0) is 10.8. The maximum absolute atomic E-state index is 4.35. The summed E-state index contributed by atoms with van der Waals surface area (Å²) >= 11 is 0. The first-order valence-corrected chi connectivity index (χ1v) is 6.41. The lowest BCUT2D eigenvalue weighted by atomic mass is 9.90. The molecule has 88 valence electrons. The van der Waals surface area contributed by atoms with Gasteiger partial charge in [0, 0.05) is 31.5 Å². The van der Waals surface area contributed by atoms with Gasteiger partial charge in [0.05, 0.1) is 0 Å². The van der Waals surface area contributed by atoms with Gasteiger partial charge in [-0.15, -0.1) is 0 Å². The molecule has 0 aliphatic carbocycles. The van der Waals surface area contributed by atoms with Gasteiger partial charge in [-0.3, -0.25) is 0 Å². The predicted molar refractivity (Wildman–Crippen MR) is 64.5 cm³/mol. The number of nitrogens with zero attached hydrogens (tertiary/aromatic N) is 2. The average Bonchev–Trinajstić information content (AvgIpc) is 3.03. The third-order valence-corrected chi connectivity index (χ3v) is 3.91. The number of rotatable bonds is 2. The number of imidazole rings is 1. The molecule has 2 unspecified atom stereocenters. The Kier molecular flexibility index (Phi) is 2.82. The summed E-state index contributed by atoms with van der Waals surface area (Å²) in [6, 6.07) is 0.748. The summed E-state index contributed by atoms with van der Waals surface area (Å²) in [6.07, 6.45) is 9.12. The fraction of sp³-hybridized carbons (Fsp3) is 0.750. The number of hydrogen-bond acceptors (Lipinski definition) is 3. The Bertz CT molecular complexity index is 316. The highest BCUT2D eigenvalue weighted by atomic mass is 15.3. The van der Waals surface area contributed by atoms with E-state index in [2.05, 4.69) is 20.2 Å². The van der Waals surface area contributed by atoms with Crippen molar-refractivity contribution in [2.75, 3.05) is 24.5 Å². The van der Waals surface area contributed by atoms with Crippen LogP contribution in [0.5, 0.6) is 0 Å². The Morgan fingerprint density at radius 3 is 3.06 bits per heavy atom. The maximum atomic E-state index is 4.35. The smallest absolute Gasteiger partial charge is 0.202 e. The predicted octanol–water partition coefficient (Wildman–Crippen LogP) is 1.38. The number of hydrogen-bond donors (Lipinski definition) is 2. The van der Waals surface area contributed by atoms with Crippen LogP contribution >= 0.6 is 0 Å². The lowest BCUT2D eigenvalue weighted by Gasteiger charge is -2.35. The van der Waals surface area contributed by atoms with Crippen molar-refractivity contribution in [1.29, 1.82) is 0 Å². The molecule has 0 spiro atoms. The second-order valence-corrected chi connectivity index (χ2v) is 4.96. The largest absolute Gasteiger partial charge is 0.342 e. The van der Waals surface area contributed by atoms with E-state index < -0.39 is 0 Å². The molecule has 4 nitrogen and oxygen atoms in total. The number of piperidine rings is 1. The zero-order valence-electron chi connectivity index (χ0n) is 9.65. The van der Waals surface area contributed by atoms with Crippen molar-refractivity contribution in [2.24, 2.45) is 5.92 Å². The number of nitrogens with one attached hydrogen (secondary N) is 2. The van der Waals surface area contributed by atoms with Gasteiger partial charge in [-0.1, -0.05) is 0 Å². The topological polar surface area (TPSA) is 44.0 Å². The second kappa shape index (κ2) is 4.45. The molecule has 2 atom stereocenters. The molecule has 0 amide bonds. The summed E-state index contributed by atoms with van der Waals surface area (Å²) in [4.78, 5) is 9.96. The Balaban J connectivity index is 1.65. The van der Waals surface area contributed by atoms with Gasteiger partial charge in [0.1, 0.15) is 0 Å². The van der Waals surface area contributed by atoms with E-state index in [4.69, 9.17) is 0 Å². The number of H-pyrrole nitrogens is 1. The SMILES string of the molecule is c1c[nH]c(N2CCCC(C3CCCN3)C2)n1. The van der Waals surface area contributed by atoms with E-state index in [-0.39, 0.29) is 0 Å². The highest BCUT2D eigenvalue weighted by Crippen LogP contribution is 2.26. The van der Waals surface area contributed by atoms with E-state index in [1.54, 1.807) is 0 Å². The highest BCUT2D eigenvalue weighted by molar-refractivity contribution is 5.29. The van der Waals surface area contributed by atoms with Gasteiger partial charge in [-0.25, -0.2) is 4.98 Å². The van der Waals surface area contributed by atoms with Crippen LogP contribution in [0.2, 0.25) is 0 Å². The summed E-state index contributed by atoms with van der Waals surface area (Å²) in [5.41, 5.74) is 0. The normalized spacial score (nSPS) is 30.9. The molecule has 2 aliphatic heterocycles. The van der Waals surface area contributed by atoms with Crippen LogP contribution in [0.3, 0.4) is 0 Å². The van der Waals surface area contributed by atoms with Crippen molar-refractivity contribution in [3.05, 3.63) is 12.4 Å². The summed E-state index contributed by atoms with van der Waals surface area (Å²) in [5.74, 6) is 1.85. The average molecular weight is 220 g/mol. The maximum Gasteiger partial charge on any atom is 0.202 e. The van der Waals surface area contributed by atoms with Crippen molar-refractivity contribution in [3.63, 3.8) is 0 Å². The first-order chi connectivity index (χ1) is 7.93. The molecule has 2 N–H and O–H groups in total. The molecule has 1 aromatic rings. The molecule has 2 aliphatic rings. The van der Waals surface area contributed by atoms with E-state index in [1.165, 1.54) is 32.2 Å². The Labute approximate surface area is 96.4 Å². The highest BCUT2D eigenvalue weighted by Gasteiger charge is 2.29. The molecule has 3 heterocycles. The molecule has 2 saturated heterocycles. The van der Waals surface area contributed by atoms with Crippen molar-refractivity contribution >= 4 is 5.95 Å². The number of aromatic nitrogens is 2. The minimum atomic E-state index is 0.748. The van der Waals surface area contributed by atoms with E-state index in [0.29, 0.717) is 0 Å². The molecular weight excluding hydrogens is 200 g/mol. The van der Waals surface area contributed by atoms with Gasteiger partial charge >= 0.3 is 0 Å². The Morgan fingerprint density at radius 2 is 2.31 bits per heavy atom. The van der Waals surface area contributed by atoms with Crippen molar-refractivity contribution < 1.29 is 0 Å². The van der Waals surface area contributed by atoms with Crippen molar-refractivity contribution in [1.82, 2.24) is 15.3 Å². The van der Waals surface area contributed by atoms with E-state index in [0.717, 1.165) is 31.0 Å². The standard InChI is InChI=1S/C12H20N4/c1-4-11(13-5-1)10-3-2-8-16(9-10)12-14-6-7-15-12/h6-7,10-11,13H,1-5,8-9H2,(H,14,15). The fourth-order valence-corrected chi connectivity index (χ4v) is 3.07. The molecule has 0 radical (unpaired) electrons. The van der Waals surface area contributed by atoms with Gasteiger partial charge in [0.2, 0.25) is 5.95 Å². The van der Waals surface area contributed by atoms with E-state index in [9.17, 15) is 0 Å². The molecule has 4 heteroatoms. The second-order valence-electron chi connectivity index (χ2n) is 4.96. The van der Waals surface area contributed by atoms with Crippen LogP contribution in [0.25, 0.3) is 0 Å². The van der Waals surface area contributed by atoms with Gasteiger partial charge in [-0.2, -0.15) is 0 Å².